The van der Waals surface area contributed by atoms with E-state index in [1.54, 1.807) is 6.07 Å². The van der Waals surface area contributed by atoms with Gasteiger partial charge < -0.3 is 10.8 Å². The topological polar surface area (TPSA) is 66.6 Å². The van der Waals surface area contributed by atoms with Gasteiger partial charge in [0.2, 0.25) is 0 Å². The summed E-state index contributed by atoms with van der Waals surface area (Å²) in [6.07, 6.45) is 4.87. The van der Waals surface area contributed by atoms with Crippen molar-refractivity contribution in [1.29, 1.82) is 0 Å². The summed E-state index contributed by atoms with van der Waals surface area (Å²) in [7, 11) is 0. The molecule has 1 fully saturated rings. The van der Waals surface area contributed by atoms with Gasteiger partial charge in [-0.15, -0.1) is 0 Å². The van der Waals surface area contributed by atoms with E-state index in [0.717, 1.165) is 31.5 Å². The van der Waals surface area contributed by atoms with Crippen molar-refractivity contribution in [3.8, 4) is 0 Å². The number of nitrogens with zero attached hydrogens (tertiary/aromatic N) is 1. The van der Waals surface area contributed by atoms with Crippen LogP contribution in [-0.2, 0) is 0 Å². The number of aliphatic hydroxyl groups excluding tert-OH is 1. The molecule has 21 heavy (non-hydrogen) atoms. The second kappa shape index (κ2) is 7.57. The van der Waals surface area contributed by atoms with Gasteiger partial charge in [0.05, 0.1) is 0 Å². The minimum Gasteiger partial charge on any atom is -0.398 e. The molecule has 3 N–H and O–H groups in total. The number of piperidine rings is 1. The van der Waals surface area contributed by atoms with Crippen LogP contribution in [0.1, 0.15) is 48.0 Å². The normalized spacial score (nSPS) is 19.6. The quantitative estimate of drug-likeness (QED) is 0.623. The number of carbonyl (C=O) groups excluding carboxylic acids is 1. The number of ketones is 1. The first kappa shape index (κ1) is 16.0. The van der Waals surface area contributed by atoms with Gasteiger partial charge in [0.1, 0.15) is 0 Å². The van der Waals surface area contributed by atoms with Crippen LogP contribution in [0.3, 0.4) is 0 Å². The Hall–Kier alpha value is -1.39. The van der Waals surface area contributed by atoms with Gasteiger partial charge in [-0.05, 0) is 44.4 Å². The number of aryl methyl sites for hydroxylation is 1. The molecule has 1 aromatic rings. The second-order valence-electron chi connectivity index (χ2n) is 5.94. The number of nitrogens with two attached hydrogens (primary N) is 1. The fraction of sp³-hybridized carbons (Fsp3) is 0.588. The molecular weight excluding hydrogens is 264 g/mol. The number of Topliss-reactive ketones (excluding diaryl/α,β-unsaturated/α-hetero) is 1. The highest BCUT2D eigenvalue weighted by Gasteiger charge is 2.22. The Morgan fingerprint density at radius 2 is 2.24 bits per heavy atom. The second-order valence-corrected chi connectivity index (χ2v) is 5.94. The summed E-state index contributed by atoms with van der Waals surface area (Å²) >= 11 is 0. The van der Waals surface area contributed by atoms with E-state index in [4.69, 9.17) is 10.8 Å². The minimum atomic E-state index is 0.148. The third-order valence-corrected chi connectivity index (χ3v) is 4.44. The van der Waals surface area contributed by atoms with Gasteiger partial charge in [-0.25, -0.2) is 0 Å². The van der Waals surface area contributed by atoms with Crippen LogP contribution in [-0.4, -0.2) is 41.5 Å². The number of carbonyl (C=O) groups is 1. The summed E-state index contributed by atoms with van der Waals surface area (Å²) in [4.78, 5) is 14.6. The van der Waals surface area contributed by atoms with Gasteiger partial charge in [-0.1, -0.05) is 18.6 Å². The predicted molar refractivity (Wildman–Crippen MR) is 85.5 cm³/mol. The Kier molecular flexibility index (Phi) is 5.76. The zero-order valence-corrected chi connectivity index (χ0v) is 12.8. The maximum Gasteiger partial charge on any atom is 0.164 e. The lowest BCUT2D eigenvalue weighted by Crippen LogP contribution is -2.41. The summed E-state index contributed by atoms with van der Waals surface area (Å²) in [6.45, 7) is 3.98. The van der Waals surface area contributed by atoms with Crippen LogP contribution in [0.15, 0.2) is 18.2 Å². The predicted octanol–water partition coefficient (Wildman–Crippen LogP) is 2.39. The third-order valence-electron chi connectivity index (χ3n) is 4.44. The number of hydrogen-bond donors (Lipinski definition) is 2. The Morgan fingerprint density at radius 1 is 1.43 bits per heavy atom. The lowest BCUT2D eigenvalue weighted by Gasteiger charge is -2.35. The SMILES string of the molecule is Cc1ccc(C(=O)CCN2CCCCC2CCO)cc1N. The van der Waals surface area contributed by atoms with Crippen molar-refractivity contribution in [2.24, 2.45) is 0 Å². The van der Waals surface area contributed by atoms with Gasteiger partial charge in [0.15, 0.2) is 5.78 Å². The van der Waals surface area contributed by atoms with Crippen molar-refractivity contribution in [3.63, 3.8) is 0 Å². The highest BCUT2D eigenvalue weighted by atomic mass is 16.3. The highest BCUT2D eigenvalue weighted by Crippen LogP contribution is 2.20. The molecule has 0 bridgehead atoms. The molecule has 116 valence electrons. The summed E-state index contributed by atoms with van der Waals surface area (Å²) in [6, 6.07) is 5.96. The Bertz CT molecular complexity index is 486. The van der Waals surface area contributed by atoms with E-state index < -0.39 is 0 Å². The maximum absolute atomic E-state index is 12.3. The molecule has 0 amide bonds. The number of likely N-dealkylation sites (tertiary alicyclic amines) is 1. The van der Waals surface area contributed by atoms with Gasteiger partial charge in [0, 0.05) is 36.9 Å². The third kappa shape index (κ3) is 4.29. The first-order chi connectivity index (χ1) is 10.1. The summed E-state index contributed by atoms with van der Waals surface area (Å²) < 4.78 is 0. The smallest absolute Gasteiger partial charge is 0.164 e. The molecule has 1 aliphatic rings. The van der Waals surface area contributed by atoms with Gasteiger partial charge in [-0.3, -0.25) is 9.69 Å². The molecule has 2 rings (SSSR count). The van der Waals surface area contributed by atoms with Crippen molar-refractivity contribution in [2.45, 2.75) is 45.1 Å². The molecule has 1 heterocycles. The van der Waals surface area contributed by atoms with E-state index >= 15 is 0 Å². The zero-order chi connectivity index (χ0) is 15.2. The molecule has 0 aliphatic carbocycles. The van der Waals surface area contributed by atoms with Crippen LogP contribution >= 0.6 is 0 Å². The molecule has 0 aromatic heterocycles. The van der Waals surface area contributed by atoms with Crippen LogP contribution in [0.2, 0.25) is 0 Å². The average molecular weight is 290 g/mol. The largest absolute Gasteiger partial charge is 0.398 e. The zero-order valence-electron chi connectivity index (χ0n) is 12.8. The number of nitrogen functional groups attached to an aromatic ring is 1. The van der Waals surface area contributed by atoms with Crippen LogP contribution in [0.25, 0.3) is 0 Å². The van der Waals surface area contributed by atoms with E-state index in [1.165, 1.54) is 12.8 Å². The van der Waals surface area contributed by atoms with Crippen LogP contribution < -0.4 is 5.73 Å². The molecule has 0 radical (unpaired) electrons. The lowest BCUT2D eigenvalue weighted by molar-refractivity contribution is 0.0896. The van der Waals surface area contributed by atoms with Crippen molar-refractivity contribution in [2.75, 3.05) is 25.4 Å². The van der Waals surface area contributed by atoms with Crippen molar-refractivity contribution >= 4 is 11.5 Å². The molecule has 1 saturated heterocycles. The number of aliphatic hydroxyl groups is 1. The standard InChI is InChI=1S/C17H26N2O2/c1-13-5-6-14(12-16(13)18)17(21)7-10-19-9-3-2-4-15(19)8-11-20/h5-6,12,15,20H,2-4,7-11,18H2,1H3. The molecule has 1 atom stereocenters. The van der Waals surface area contributed by atoms with E-state index in [1.807, 2.05) is 19.1 Å². The fourth-order valence-electron chi connectivity index (χ4n) is 3.03. The molecule has 1 aliphatic heterocycles. The molecule has 1 unspecified atom stereocenters. The Labute approximate surface area is 126 Å². The van der Waals surface area contributed by atoms with E-state index in [0.29, 0.717) is 23.7 Å². The van der Waals surface area contributed by atoms with Gasteiger partial charge in [0.25, 0.3) is 0 Å². The minimum absolute atomic E-state index is 0.148. The summed E-state index contributed by atoms with van der Waals surface area (Å²) in [5.74, 6) is 0.148. The number of rotatable bonds is 6. The molecule has 1 aromatic carbocycles. The molecule has 0 spiro atoms. The number of hydrogen-bond acceptors (Lipinski definition) is 4. The van der Waals surface area contributed by atoms with Gasteiger partial charge in [-0.2, -0.15) is 0 Å². The summed E-state index contributed by atoms with van der Waals surface area (Å²) in [5.41, 5.74) is 8.25. The van der Waals surface area contributed by atoms with Crippen molar-refractivity contribution < 1.29 is 9.90 Å². The highest BCUT2D eigenvalue weighted by molar-refractivity contribution is 5.97. The molecule has 0 saturated carbocycles. The van der Waals surface area contributed by atoms with E-state index in [9.17, 15) is 4.79 Å². The molecule has 4 nitrogen and oxygen atoms in total. The number of benzene rings is 1. The maximum atomic E-state index is 12.3. The average Bonchev–Trinajstić information content (AvgIpc) is 2.49. The Balaban J connectivity index is 1.91. The monoisotopic (exact) mass is 290 g/mol. The number of anilines is 1. The fourth-order valence-corrected chi connectivity index (χ4v) is 3.03. The van der Waals surface area contributed by atoms with Crippen LogP contribution in [0.4, 0.5) is 5.69 Å². The lowest BCUT2D eigenvalue weighted by atomic mass is 9.98. The van der Waals surface area contributed by atoms with Crippen LogP contribution in [0.5, 0.6) is 0 Å². The van der Waals surface area contributed by atoms with Gasteiger partial charge >= 0.3 is 0 Å². The summed E-state index contributed by atoms with van der Waals surface area (Å²) in [5, 5.41) is 9.14. The molecule has 4 heteroatoms. The van der Waals surface area contributed by atoms with Crippen LogP contribution in [0, 0.1) is 6.92 Å². The Morgan fingerprint density at radius 3 is 2.95 bits per heavy atom. The van der Waals surface area contributed by atoms with Crippen molar-refractivity contribution in [1.82, 2.24) is 4.90 Å². The van der Waals surface area contributed by atoms with E-state index in [2.05, 4.69) is 4.90 Å². The molecular formula is C17H26N2O2. The van der Waals surface area contributed by atoms with E-state index in [-0.39, 0.29) is 12.4 Å². The van der Waals surface area contributed by atoms with Crippen molar-refractivity contribution in [3.05, 3.63) is 29.3 Å². The first-order valence-electron chi connectivity index (χ1n) is 7.86. The first-order valence-corrected chi connectivity index (χ1v) is 7.86.